The van der Waals surface area contributed by atoms with Gasteiger partial charge in [0, 0.05) is 11.1 Å². The maximum absolute atomic E-state index is 12.6. The number of carbonyl (C=O) groups excluding carboxylic acids is 1. The number of nitrogens with zero attached hydrogens (tertiary/aromatic N) is 1. The minimum Gasteiger partial charge on any atom is -0.496 e. The topological polar surface area (TPSA) is 104 Å². The van der Waals surface area contributed by atoms with Gasteiger partial charge in [0.1, 0.15) is 28.9 Å². The molecule has 0 saturated heterocycles. The van der Waals surface area contributed by atoms with Gasteiger partial charge in [0.25, 0.3) is 0 Å². The molecule has 7 nitrogen and oxygen atoms in total. The van der Waals surface area contributed by atoms with Crippen molar-refractivity contribution < 1.29 is 23.7 Å². The summed E-state index contributed by atoms with van der Waals surface area (Å²) in [5.41, 5.74) is 7.62. The Morgan fingerprint density at radius 3 is 2.54 bits per heavy atom. The van der Waals surface area contributed by atoms with Crippen molar-refractivity contribution in [3.8, 4) is 17.6 Å². The number of benzene rings is 1. The van der Waals surface area contributed by atoms with E-state index in [-0.39, 0.29) is 23.6 Å². The zero-order chi connectivity index (χ0) is 19.4. The average Bonchev–Trinajstić information content (AvgIpc) is 2.60. The molecule has 0 unspecified atom stereocenters. The number of hydrogen-bond acceptors (Lipinski definition) is 7. The predicted octanol–water partition coefficient (Wildman–Crippen LogP) is 2.66. The van der Waals surface area contributed by atoms with Gasteiger partial charge in [-0.1, -0.05) is 6.07 Å². The van der Waals surface area contributed by atoms with Gasteiger partial charge in [-0.2, -0.15) is 5.26 Å². The smallest absolute Gasteiger partial charge is 0.338 e. The second kappa shape index (κ2) is 7.83. The SMILES string of the molecule is CCOC(=O)C1=C(C)OC(N)=C(C#N)[C@@H]1c1ccc(OC)c(C)c1OC. The number of hydrogen-bond donors (Lipinski definition) is 1. The van der Waals surface area contributed by atoms with E-state index in [1.54, 1.807) is 33.1 Å². The largest absolute Gasteiger partial charge is 0.496 e. The van der Waals surface area contributed by atoms with E-state index in [9.17, 15) is 10.1 Å². The van der Waals surface area contributed by atoms with Crippen LogP contribution in [-0.2, 0) is 14.3 Å². The van der Waals surface area contributed by atoms with Crippen LogP contribution in [0.15, 0.2) is 34.9 Å². The molecule has 2 rings (SSSR count). The van der Waals surface area contributed by atoms with Crippen molar-refractivity contribution in [3.05, 3.63) is 46.0 Å². The highest BCUT2D eigenvalue weighted by Gasteiger charge is 2.38. The maximum Gasteiger partial charge on any atom is 0.338 e. The molecule has 0 saturated carbocycles. The number of allylic oxidation sites excluding steroid dienone is 2. The van der Waals surface area contributed by atoms with Crippen molar-refractivity contribution in [2.24, 2.45) is 5.73 Å². The Hall–Kier alpha value is -3.14. The zero-order valence-corrected chi connectivity index (χ0v) is 15.5. The summed E-state index contributed by atoms with van der Waals surface area (Å²) < 4.78 is 21.5. The molecule has 138 valence electrons. The summed E-state index contributed by atoms with van der Waals surface area (Å²) in [6, 6.07) is 5.55. The highest BCUT2D eigenvalue weighted by molar-refractivity contribution is 5.93. The quantitative estimate of drug-likeness (QED) is 0.807. The fourth-order valence-electron chi connectivity index (χ4n) is 3.08. The average molecular weight is 358 g/mol. The minimum absolute atomic E-state index is 0.0430. The van der Waals surface area contributed by atoms with E-state index in [1.807, 2.05) is 6.92 Å². The molecule has 2 N–H and O–H groups in total. The monoisotopic (exact) mass is 358 g/mol. The highest BCUT2D eigenvalue weighted by atomic mass is 16.5. The van der Waals surface area contributed by atoms with Crippen molar-refractivity contribution in [3.63, 3.8) is 0 Å². The van der Waals surface area contributed by atoms with Crippen molar-refractivity contribution in [1.29, 1.82) is 5.26 Å². The van der Waals surface area contributed by atoms with Gasteiger partial charge in [0.15, 0.2) is 0 Å². The summed E-state index contributed by atoms with van der Waals surface area (Å²) in [7, 11) is 3.08. The lowest BCUT2D eigenvalue weighted by Gasteiger charge is -2.28. The van der Waals surface area contributed by atoms with Crippen LogP contribution >= 0.6 is 0 Å². The molecule has 0 amide bonds. The second-order valence-corrected chi connectivity index (χ2v) is 5.63. The molecule has 0 aromatic heterocycles. The number of methoxy groups -OCH3 is 2. The fourth-order valence-corrected chi connectivity index (χ4v) is 3.08. The van der Waals surface area contributed by atoms with Crippen LogP contribution in [0.5, 0.6) is 11.5 Å². The van der Waals surface area contributed by atoms with E-state index >= 15 is 0 Å². The van der Waals surface area contributed by atoms with E-state index < -0.39 is 11.9 Å². The third kappa shape index (κ3) is 3.18. The molecule has 1 heterocycles. The van der Waals surface area contributed by atoms with Gasteiger partial charge in [0.2, 0.25) is 5.88 Å². The molecule has 7 heteroatoms. The van der Waals surface area contributed by atoms with E-state index in [0.29, 0.717) is 22.8 Å². The molecule has 0 radical (unpaired) electrons. The molecule has 0 aliphatic carbocycles. The summed E-state index contributed by atoms with van der Waals surface area (Å²) in [4.78, 5) is 12.6. The zero-order valence-electron chi connectivity index (χ0n) is 15.5. The van der Waals surface area contributed by atoms with Gasteiger partial charge in [-0.3, -0.25) is 0 Å². The minimum atomic E-state index is -0.757. The van der Waals surface area contributed by atoms with E-state index in [0.717, 1.165) is 5.56 Å². The normalized spacial score (nSPS) is 16.7. The molecule has 1 aliphatic rings. The van der Waals surface area contributed by atoms with Crippen LogP contribution in [0.3, 0.4) is 0 Å². The Kier molecular flexibility index (Phi) is 5.78. The van der Waals surface area contributed by atoms with Crippen molar-refractivity contribution in [1.82, 2.24) is 0 Å². The number of esters is 1. The van der Waals surface area contributed by atoms with Crippen molar-refractivity contribution >= 4 is 5.97 Å². The van der Waals surface area contributed by atoms with Crippen LogP contribution in [0, 0.1) is 18.3 Å². The first kappa shape index (κ1) is 19.2. The van der Waals surface area contributed by atoms with Crippen LogP contribution in [0.2, 0.25) is 0 Å². The summed E-state index contributed by atoms with van der Waals surface area (Å²) in [5, 5.41) is 9.63. The first-order chi connectivity index (χ1) is 12.4. The maximum atomic E-state index is 12.6. The fraction of sp³-hybridized carbons (Fsp3) is 0.368. The summed E-state index contributed by atoms with van der Waals surface area (Å²) in [6.45, 7) is 5.35. The Bertz CT molecular complexity index is 833. The number of rotatable bonds is 5. The molecule has 0 bridgehead atoms. The Morgan fingerprint density at radius 2 is 2.00 bits per heavy atom. The number of nitriles is 1. The lowest BCUT2D eigenvalue weighted by atomic mass is 9.82. The van der Waals surface area contributed by atoms with Gasteiger partial charge in [-0.15, -0.1) is 0 Å². The van der Waals surface area contributed by atoms with Gasteiger partial charge in [-0.05, 0) is 26.8 Å². The molecule has 1 aromatic rings. The lowest BCUT2D eigenvalue weighted by molar-refractivity contribution is -0.139. The number of nitrogens with two attached hydrogens (primary N) is 1. The first-order valence-electron chi connectivity index (χ1n) is 8.08. The molecule has 1 aliphatic heterocycles. The van der Waals surface area contributed by atoms with E-state index in [1.165, 1.54) is 7.11 Å². The molecular formula is C19H22N2O5. The molecule has 1 atom stereocenters. The third-order valence-electron chi connectivity index (χ3n) is 4.22. The Morgan fingerprint density at radius 1 is 1.31 bits per heavy atom. The Balaban J connectivity index is 2.76. The van der Waals surface area contributed by atoms with Crippen molar-refractivity contribution in [2.75, 3.05) is 20.8 Å². The standard InChI is InChI=1S/C19H22N2O5/c1-6-25-19(22)15-11(3)26-18(21)13(9-20)16(15)12-7-8-14(23-4)10(2)17(12)24-5/h7-8,16H,6,21H2,1-5H3/t16-/m0/s1. The molecular weight excluding hydrogens is 336 g/mol. The molecule has 26 heavy (non-hydrogen) atoms. The molecule has 0 fully saturated rings. The van der Waals surface area contributed by atoms with E-state index in [2.05, 4.69) is 6.07 Å². The second-order valence-electron chi connectivity index (χ2n) is 5.63. The van der Waals surface area contributed by atoms with Gasteiger partial charge >= 0.3 is 5.97 Å². The third-order valence-corrected chi connectivity index (χ3v) is 4.22. The van der Waals surface area contributed by atoms with Gasteiger partial charge < -0.3 is 24.7 Å². The lowest BCUT2D eigenvalue weighted by Crippen LogP contribution is -2.26. The van der Waals surface area contributed by atoms with Gasteiger partial charge in [0.05, 0.1) is 32.3 Å². The Labute approximate surface area is 152 Å². The van der Waals surface area contributed by atoms with Crippen LogP contribution in [-0.4, -0.2) is 26.8 Å². The number of ether oxygens (including phenoxy) is 4. The van der Waals surface area contributed by atoms with Gasteiger partial charge in [-0.25, -0.2) is 4.79 Å². The van der Waals surface area contributed by atoms with Crippen LogP contribution in [0.25, 0.3) is 0 Å². The number of carbonyl (C=O) groups is 1. The van der Waals surface area contributed by atoms with E-state index in [4.69, 9.17) is 24.7 Å². The van der Waals surface area contributed by atoms with Crippen LogP contribution < -0.4 is 15.2 Å². The van der Waals surface area contributed by atoms with Crippen molar-refractivity contribution in [2.45, 2.75) is 26.7 Å². The first-order valence-corrected chi connectivity index (χ1v) is 8.08. The highest BCUT2D eigenvalue weighted by Crippen LogP contribution is 2.45. The molecule has 0 spiro atoms. The summed E-state index contributed by atoms with van der Waals surface area (Å²) in [6.07, 6.45) is 0. The summed E-state index contributed by atoms with van der Waals surface area (Å²) >= 11 is 0. The predicted molar refractivity (Wildman–Crippen MR) is 94.3 cm³/mol. The van der Waals surface area contributed by atoms with Crippen LogP contribution in [0.1, 0.15) is 30.9 Å². The van der Waals surface area contributed by atoms with Crippen LogP contribution in [0.4, 0.5) is 0 Å². The molecule has 1 aromatic carbocycles. The summed E-state index contributed by atoms with van der Waals surface area (Å²) in [5.74, 6) is 0.0649.